The minimum Gasteiger partial charge on any atom is -0.369 e. The number of aromatic amines is 1. The second-order valence-electron chi connectivity index (χ2n) is 3.31. The van der Waals surface area contributed by atoms with E-state index in [4.69, 9.17) is 5.73 Å². The second kappa shape index (κ2) is 4.08. The molecule has 0 bridgehead atoms. The lowest BCUT2D eigenvalue weighted by molar-refractivity contribution is 0.631. The summed E-state index contributed by atoms with van der Waals surface area (Å²) in [5.41, 5.74) is 6.07. The van der Waals surface area contributed by atoms with E-state index in [0.717, 1.165) is 12.1 Å². The quantitative estimate of drug-likeness (QED) is 0.804. The van der Waals surface area contributed by atoms with Gasteiger partial charge in [0, 0.05) is 0 Å². The van der Waals surface area contributed by atoms with Crippen LogP contribution in [0.3, 0.4) is 0 Å². The lowest BCUT2D eigenvalue weighted by atomic mass is 10.1. The summed E-state index contributed by atoms with van der Waals surface area (Å²) in [4.78, 5) is 17.8. The molecule has 0 spiro atoms. The molecule has 0 saturated heterocycles. The average Bonchev–Trinajstić information content (AvgIpc) is 1.98. The van der Waals surface area contributed by atoms with E-state index in [0.29, 0.717) is 9.49 Å². The van der Waals surface area contributed by atoms with Gasteiger partial charge in [-0.15, -0.1) is 0 Å². The molecule has 0 amide bonds. The fourth-order valence-electron chi connectivity index (χ4n) is 1.05. The standard InChI is InChI=1S/C8H12IN3O/c1-4(2)3-5-6(9)7(13)12-8(10)11-5/h4H,3H2,1-2H3,(H3,10,11,12,13). The first-order valence-electron chi connectivity index (χ1n) is 4.05. The summed E-state index contributed by atoms with van der Waals surface area (Å²) in [5, 5.41) is 0. The Morgan fingerprint density at radius 3 is 2.77 bits per heavy atom. The van der Waals surface area contributed by atoms with Crippen LogP contribution in [0, 0.1) is 9.49 Å². The number of H-pyrrole nitrogens is 1. The zero-order valence-electron chi connectivity index (χ0n) is 7.60. The van der Waals surface area contributed by atoms with E-state index in [1.165, 1.54) is 0 Å². The summed E-state index contributed by atoms with van der Waals surface area (Å²) in [7, 11) is 0. The fourth-order valence-corrected chi connectivity index (χ4v) is 1.52. The number of hydrogen-bond donors (Lipinski definition) is 2. The van der Waals surface area contributed by atoms with Gasteiger partial charge in [-0.05, 0) is 34.9 Å². The molecule has 72 valence electrons. The number of rotatable bonds is 2. The van der Waals surface area contributed by atoms with E-state index >= 15 is 0 Å². The molecule has 1 heterocycles. The van der Waals surface area contributed by atoms with Gasteiger partial charge in [0.1, 0.15) is 0 Å². The minimum atomic E-state index is -0.149. The number of anilines is 1. The largest absolute Gasteiger partial charge is 0.369 e. The SMILES string of the molecule is CC(C)Cc1nc(N)[nH]c(=O)c1I. The smallest absolute Gasteiger partial charge is 0.265 e. The van der Waals surface area contributed by atoms with Crippen molar-refractivity contribution in [2.45, 2.75) is 20.3 Å². The van der Waals surface area contributed by atoms with Crippen molar-refractivity contribution in [2.24, 2.45) is 5.92 Å². The lowest BCUT2D eigenvalue weighted by Gasteiger charge is -2.06. The summed E-state index contributed by atoms with van der Waals surface area (Å²) < 4.78 is 0.639. The molecule has 4 nitrogen and oxygen atoms in total. The number of nitrogen functional groups attached to an aromatic ring is 1. The van der Waals surface area contributed by atoms with E-state index in [1.54, 1.807) is 0 Å². The molecule has 0 fully saturated rings. The van der Waals surface area contributed by atoms with Crippen LogP contribution in [-0.2, 0) is 6.42 Å². The molecule has 0 aliphatic heterocycles. The maximum absolute atomic E-state index is 11.3. The fraction of sp³-hybridized carbons (Fsp3) is 0.500. The Kier molecular flexibility index (Phi) is 3.29. The molecule has 0 saturated carbocycles. The number of halogens is 1. The van der Waals surface area contributed by atoms with E-state index in [9.17, 15) is 4.79 Å². The van der Waals surface area contributed by atoms with Gasteiger partial charge in [0.15, 0.2) is 0 Å². The third-order valence-corrected chi connectivity index (χ3v) is 2.66. The highest BCUT2D eigenvalue weighted by Crippen LogP contribution is 2.10. The second-order valence-corrected chi connectivity index (χ2v) is 4.39. The van der Waals surface area contributed by atoms with Crippen molar-refractivity contribution in [1.29, 1.82) is 0 Å². The first kappa shape index (κ1) is 10.5. The van der Waals surface area contributed by atoms with Crippen LogP contribution in [0.1, 0.15) is 19.5 Å². The predicted molar refractivity (Wildman–Crippen MR) is 60.5 cm³/mol. The van der Waals surface area contributed by atoms with Crippen LogP contribution in [0.15, 0.2) is 4.79 Å². The molecular weight excluding hydrogens is 281 g/mol. The molecule has 13 heavy (non-hydrogen) atoms. The first-order valence-corrected chi connectivity index (χ1v) is 5.12. The lowest BCUT2D eigenvalue weighted by Crippen LogP contribution is -2.18. The Morgan fingerprint density at radius 2 is 2.23 bits per heavy atom. The normalized spacial score (nSPS) is 10.8. The monoisotopic (exact) mass is 293 g/mol. The molecule has 1 rings (SSSR count). The topological polar surface area (TPSA) is 71.8 Å². The maximum Gasteiger partial charge on any atom is 0.265 e. The Hall–Kier alpha value is -0.590. The highest BCUT2D eigenvalue weighted by atomic mass is 127. The molecule has 0 atom stereocenters. The van der Waals surface area contributed by atoms with Crippen LogP contribution >= 0.6 is 22.6 Å². The Balaban J connectivity index is 3.13. The van der Waals surface area contributed by atoms with Gasteiger partial charge in [0.05, 0.1) is 9.26 Å². The molecule has 3 N–H and O–H groups in total. The van der Waals surface area contributed by atoms with Gasteiger partial charge in [-0.2, -0.15) is 0 Å². The van der Waals surface area contributed by atoms with Crippen molar-refractivity contribution in [3.63, 3.8) is 0 Å². The van der Waals surface area contributed by atoms with Crippen LogP contribution in [0.5, 0.6) is 0 Å². The third kappa shape index (κ3) is 2.68. The molecule has 1 aromatic heterocycles. The molecule has 0 radical (unpaired) electrons. The molecule has 0 unspecified atom stereocenters. The van der Waals surface area contributed by atoms with Crippen LogP contribution in [0.25, 0.3) is 0 Å². The zero-order valence-corrected chi connectivity index (χ0v) is 9.75. The van der Waals surface area contributed by atoms with Gasteiger partial charge >= 0.3 is 0 Å². The van der Waals surface area contributed by atoms with E-state index in [-0.39, 0.29) is 11.5 Å². The predicted octanol–water partition coefficient (Wildman–Crippen LogP) is 1.16. The van der Waals surface area contributed by atoms with E-state index < -0.39 is 0 Å². The van der Waals surface area contributed by atoms with Crippen LogP contribution in [0.4, 0.5) is 5.95 Å². The molecule has 5 heteroatoms. The zero-order chi connectivity index (χ0) is 10.0. The summed E-state index contributed by atoms with van der Waals surface area (Å²) in [6.07, 6.45) is 0.784. The third-order valence-electron chi connectivity index (χ3n) is 1.55. The van der Waals surface area contributed by atoms with Gasteiger partial charge in [-0.25, -0.2) is 4.98 Å². The van der Waals surface area contributed by atoms with Crippen LogP contribution in [-0.4, -0.2) is 9.97 Å². The van der Waals surface area contributed by atoms with Crippen molar-refractivity contribution in [3.8, 4) is 0 Å². The van der Waals surface area contributed by atoms with Gasteiger partial charge in [0.2, 0.25) is 5.95 Å². The summed E-state index contributed by atoms with van der Waals surface area (Å²) in [5.74, 6) is 0.670. The van der Waals surface area contributed by atoms with Crippen molar-refractivity contribution >= 4 is 28.5 Å². The van der Waals surface area contributed by atoms with Crippen molar-refractivity contribution in [1.82, 2.24) is 9.97 Å². The Labute approximate surface area is 90.1 Å². The van der Waals surface area contributed by atoms with Gasteiger partial charge in [-0.3, -0.25) is 9.78 Å². The molecular formula is C8H12IN3O. The number of aromatic nitrogens is 2. The van der Waals surface area contributed by atoms with Gasteiger partial charge < -0.3 is 5.73 Å². The Morgan fingerprint density at radius 1 is 1.62 bits per heavy atom. The average molecular weight is 293 g/mol. The maximum atomic E-state index is 11.3. The number of hydrogen-bond acceptors (Lipinski definition) is 3. The molecule has 0 aromatic carbocycles. The van der Waals surface area contributed by atoms with Crippen LogP contribution in [0.2, 0.25) is 0 Å². The van der Waals surface area contributed by atoms with E-state index in [2.05, 4.69) is 23.8 Å². The summed E-state index contributed by atoms with van der Waals surface area (Å²) in [6.45, 7) is 4.16. The van der Waals surface area contributed by atoms with Gasteiger partial charge in [0.25, 0.3) is 5.56 Å². The highest BCUT2D eigenvalue weighted by Gasteiger charge is 2.08. The van der Waals surface area contributed by atoms with Crippen LogP contribution < -0.4 is 11.3 Å². The highest BCUT2D eigenvalue weighted by molar-refractivity contribution is 14.1. The number of nitrogens with two attached hydrogens (primary N) is 1. The number of nitrogens with one attached hydrogen (secondary N) is 1. The van der Waals surface area contributed by atoms with Gasteiger partial charge in [-0.1, -0.05) is 13.8 Å². The van der Waals surface area contributed by atoms with Crippen molar-refractivity contribution < 1.29 is 0 Å². The minimum absolute atomic E-state index is 0.149. The Bertz CT molecular complexity index is 359. The molecule has 0 aliphatic carbocycles. The van der Waals surface area contributed by atoms with E-state index in [1.807, 2.05) is 22.6 Å². The first-order chi connectivity index (χ1) is 6.00. The molecule has 0 aliphatic rings. The summed E-state index contributed by atoms with van der Waals surface area (Å²) >= 11 is 1.99. The van der Waals surface area contributed by atoms with Crippen molar-refractivity contribution in [2.75, 3.05) is 5.73 Å². The molecule has 1 aromatic rings. The summed E-state index contributed by atoms with van der Waals surface area (Å²) in [6, 6.07) is 0. The van der Waals surface area contributed by atoms with Crippen molar-refractivity contribution in [3.05, 3.63) is 19.6 Å². The number of nitrogens with zero attached hydrogens (tertiary/aromatic N) is 1.